The van der Waals surface area contributed by atoms with Crippen molar-refractivity contribution < 1.29 is 9.53 Å². The number of aromatic nitrogens is 5. The van der Waals surface area contributed by atoms with Crippen LogP contribution < -0.4 is 0 Å². The molecule has 7 rings (SSSR count). The number of hydrogen-bond acceptors (Lipinski definition) is 6. The maximum Gasteiger partial charge on any atom is 0.420 e. The van der Waals surface area contributed by atoms with E-state index < -0.39 is 11.7 Å². The standard InChI is InChI=1S/C32H34N6O2/c1-32(2,3)40-31(39)38-26-13-7-5-11-24(26)35-28(38)20-37-25-12-6-4-10-23(25)34-27(37)19-36-18-16-22-15-14-21-9-8-17-33-29(21)30(22)36/h4-13,17,22,30H,14-16,18-20H2,1-3H3/t22-,30-/m0/s1. The van der Waals surface area contributed by atoms with Crippen LogP contribution in [-0.4, -0.2) is 47.2 Å². The summed E-state index contributed by atoms with van der Waals surface area (Å²) in [7, 11) is 0. The van der Waals surface area contributed by atoms with Crippen molar-refractivity contribution >= 4 is 28.2 Å². The summed E-state index contributed by atoms with van der Waals surface area (Å²) in [5, 5.41) is 0. The van der Waals surface area contributed by atoms with Gasteiger partial charge in [0.25, 0.3) is 0 Å². The summed E-state index contributed by atoms with van der Waals surface area (Å²) in [4.78, 5) is 30.8. The van der Waals surface area contributed by atoms with Gasteiger partial charge in [0.15, 0.2) is 0 Å². The van der Waals surface area contributed by atoms with E-state index in [1.165, 1.54) is 24.1 Å². The summed E-state index contributed by atoms with van der Waals surface area (Å²) in [5.74, 6) is 2.22. The number of imidazole rings is 2. The van der Waals surface area contributed by atoms with Crippen molar-refractivity contribution in [3.8, 4) is 0 Å². The molecule has 40 heavy (non-hydrogen) atoms. The average Bonchev–Trinajstić information content (AvgIpc) is 3.62. The summed E-state index contributed by atoms with van der Waals surface area (Å²) in [5.41, 5.74) is 5.45. The van der Waals surface area contributed by atoms with E-state index in [4.69, 9.17) is 19.7 Å². The number of carbonyl (C=O) groups excluding carboxylic acids is 1. The molecule has 0 spiro atoms. The van der Waals surface area contributed by atoms with Gasteiger partial charge in [-0.3, -0.25) is 9.88 Å². The van der Waals surface area contributed by atoms with Crippen molar-refractivity contribution in [1.82, 2.24) is 29.0 Å². The molecule has 1 aliphatic heterocycles. The Bertz CT molecular complexity index is 1730. The Hall–Kier alpha value is -4.04. The molecule has 8 nitrogen and oxygen atoms in total. The topological polar surface area (TPSA) is 78.1 Å². The molecule has 204 valence electrons. The van der Waals surface area contributed by atoms with Gasteiger partial charge < -0.3 is 9.30 Å². The fourth-order valence-corrected chi connectivity index (χ4v) is 6.51. The highest BCUT2D eigenvalue weighted by molar-refractivity contribution is 5.87. The molecule has 1 aliphatic carbocycles. The first-order chi connectivity index (χ1) is 19.4. The number of nitrogens with zero attached hydrogens (tertiary/aromatic N) is 6. The van der Waals surface area contributed by atoms with Gasteiger partial charge >= 0.3 is 6.09 Å². The molecular formula is C32H34N6O2. The first-order valence-corrected chi connectivity index (χ1v) is 14.2. The fourth-order valence-electron chi connectivity index (χ4n) is 6.51. The predicted molar refractivity (Wildman–Crippen MR) is 154 cm³/mol. The molecule has 0 saturated carbocycles. The average molecular weight is 535 g/mol. The number of rotatable bonds is 4. The van der Waals surface area contributed by atoms with Crippen LogP contribution in [0, 0.1) is 5.92 Å². The number of hydrogen-bond donors (Lipinski definition) is 0. The summed E-state index contributed by atoms with van der Waals surface area (Å²) in [6.07, 6.45) is 4.99. The molecule has 0 unspecified atom stereocenters. The molecular weight excluding hydrogens is 500 g/mol. The zero-order valence-electron chi connectivity index (χ0n) is 23.2. The second-order valence-corrected chi connectivity index (χ2v) is 12.0. The van der Waals surface area contributed by atoms with Crippen LogP contribution in [-0.2, 0) is 24.2 Å². The van der Waals surface area contributed by atoms with Crippen LogP contribution in [0.15, 0.2) is 66.9 Å². The van der Waals surface area contributed by atoms with Crippen molar-refractivity contribution in [3.05, 3.63) is 89.8 Å². The molecule has 2 aliphatic rings. The highest BCUT2D eigenvalue weighted by Gasteiger charge is 2.40. The molecule has 0 N–H and O–H groups in total. The Balaban J connectivity index is 1.29. The van der Waals surface area contributed by atoms with Crippen LogP contribution in [0.4, 0.5) is 4.79 Å². The van der Waals surface area contributed by atoms with Crippen molar-refractivity contribution in [3.63, 3.8) is 0 Å². The van der Waals surface area contributed by atoms with Crippen molar-refractivity contribution in [2.75, 3.05) is 6.54 Å². The second-order valence-electron chi connectivity index (χ2n) is 12.0. The predicted octanol–water partition coefficient (Wildman–Crippen LogP) is 6.12. The molecule has 4 heterocycles. The lowest BCUT2D eigenvalue weighted by Crippen LogP contribution is -2.31. The Morgan fingerprint density at radius 1 is 0.900 bits per heavy atom. The summed E-state index contributed by atoms with van der Waals surface area (Å²) >= 11 is 0. The van der Waals surface area contributed by atoms with E-state index >= 15 is 0 Å². The third kappa shape index (κ3) is 4.36. The molecule has 3 aromatic heterocycles. The minimum Gasteiger partial charge on any atom is -0.443 e. The van der Waals surface area contributed by atoms with Crippen LogP contribution in [0.5, 0.6) is 0 Å². The first kappa shape index (κ1) is 25.0. The lowest BCUT2D eigenvalue weighted by Gasteiger charge is -2.32. The zero-order valence-corrected chi connectivity index (χ0v) is 23.2. The number of para-hydroxylation sites is 4. The number of likely N-dealkylation sites (tertiary alicyclic amines) is 1. The zero-order chi connectivity index (χ0) is 27.4. The van der Waals surface area contributed by atoms with Crippen LogP contribution in [0.25, 0.3) is 22.1 Å². The molecule has 8 heteroatoms. The van der Waals surface area contributed by atoms with Crippen LogP contribution in [0.2, 0.25) is 0 Å². The Kier molecular flexibility index (Phi) is 5.96. The molecule has 0 radical (unpaired) electrons. The van der Waals surface area contributed by atoms with Crippen LogP contribution in [0.3, 0.4) is 0 Å². The number of pyridine rings is 1. The lowest BCUT2D eigenvalue weighted by molar-refractivity contribution is 0.0538. The Morgan fingerprint density at radius 2 is 1.62 bits per heavy atom. The van der Waals surface area contributed by atoms with Crippen molar-refractivity contribution in [2.45, 2.75) is 64.8 Å². The van der Waals surface area contributed by atoms with Gasteiger partial charge in [0.1, 0.15) is 17.2 Å². The highest BCUT2D eigenvalue weighted by atomic mass is 16.6. The minimum absolute atomic E-state index is 0.310. The normalized spacial score (nSPS) is 19.2. The number of benzene rings is 2. The highest BCUT2D eigenvalue weighted by Crippen LogP contribution is 2.44. The third-order valence-corrected chi connectivity index (χ3v) is 8.20. The van der Waals surface area contributed by atoms with E-state index in [1.54, 1.807) is 4.57 Å². The van der Waals surface area contributed by atoms with Gasteiger partial charge in [0, 0.05) is 6.20 Å². The van der Waals surface area contributed by atoms with Gasteiger partial charge in [-0.15, -0.1) is 0 Å². The second kappa shape index (κ2) is 9.55. The molecule has 0 bridgehead atoms. The number of fused-ring (bicyclic) bond motifs is 5. The first-order valence-electron chi connectivity index (χ1n) is 14.2. The van der Waals surface area contributed by atoms with Crippen molar-refractivity contribution in [2.24, 2.45) is 5.92 Å². The van der Waals surface area contributed by atoms with Gasteiger partial charge in [-0.2, -0.15) is 0 Å². The minimum atomic E-state index is -0.622. The maximum absolute atomic E-state index is 13.4. The molecule has 1 fully saturated rings. The molecule has 1 saturated heterocycles. The van der Waals surface area contributed by atoms with Gasteiger partial charge in [-0.05, 0) is 88.4 Å². The van der Waals surface area contributed by atoms with E-state index in [1.807, 2.05) is 63.4 Å². The SMILES string of the molecule is CC(C)(C)OC(=O)n1c(Cn2c(CN3CC[C@@H]4CCc5cccnc5[C@H]43)nc3ccccc32)nc2ccccc21. The van der Waals surface area contributed by atoms with E-state index in [0.29, 0.717) is 30.9 Å². The van der Waals surface area contributed by atoms with E-state index in [-0.39, 0.29) is 0 Å². The summed E-state index contributed by atoms with van der Waals surface area (Å²) in [6, 6.07) is 20.5. The Morgan fingerprint density at radius 3 is 2.42 bits per heavy atom. The van der Waals surface area contributed by atoms with Gasteiger partial charge in [0.2, 0.25) is 0 Å². The van der Waals surface area contributed by atoms with Gasteiger partial charge in [-0.25, -0.2) is 19.3 Å². The third-order valence-electron chi connectivity index (χ3n) is 8.20. The van der Waals surface area contributed by atoms with Gasteiger partial charge in [-0.1, -0.05) is 30.3 Å². The van der Waals surface area contributed by atoms with Crippen molar-refractivity contribution in [1.29, 1.82) is 0 Å². The number of aryl methyl sites for hydroxylation is 1. The van der Waals surface area contributed by atoms with E-state index in [2.05, 4.69) is 33.7 Å². The quantitative estimate of drug-likeness (QED) is 0.276. The molecule has 0 amide bonds. The summed E-state index contributed by atoms with van der Waals surface area (Å²) < 4.78 is 9.64. The van der Waals surface area contributed by atoms with E-state index in [0.717, 1.165) is 40.9 Å². The molecule has 2 atom stereocenters. The maximum atomic E-state index is 13.4. The fraction of sp³-hybridized carbons (Fsp3) is 0.375. The lowest BCUT2D eigenvalue weighted by atomic mass is 9.83. The van der Waals surface area contributed by atoms with Crippen LogP contribution in [0.1, 0.15) is 62.6 Å². The molecule has 2 aromatic carbocycles. The molecule has 5 aromatic rings. The largest absolute Gasteiger partial charge is 0.443 e. The monoisotopic (exact) mass is 534 g/mol. The van der Waals surface area contributed by atoms with Crippen LogP contribution >= 0.6 is 0 Å². The number of ether oxygens (including phenoxy) is 1. The Labute approximate surface area is 233 Å². The smallest absolute Gasteiger partial charge is 0.420 e. The van der Waals surface area contributed by atoms with Gasteiger partial charge in [0.05, 0.1) is 46.9 Å². The number of carbonyl (C=O) groups is 1. The van der Waals surface area contributed by atoms with E-state index in [9.17, 15) is 4.79 Å². The summed E-state index contributed by atoms with van der Waals surface area (Å²) in [6.45, 7) is 7.77.